The first-order chi connectivity index (χ1) is 18.9. The maximum Gasteiger partial charge on any atom is 0.370 e. The van der Waals surface area contributed by atoms with Crippen molar-refractivity contribution in [2.24, 2.45) is 5.92 Å². The monoisotopic (exact) mass is 648 g/mol. The zero-order valence-electron chi connectivity index (χ0n) is 24.4. The maximum atomic E-state index is 12.7. The highest BCUT2D eigenvalue weighted by molar-refractivity contribution is 7.86. The SMILES string of the molecule is CCC1CCC(OS(=O)(=O)COC(C)[P+](=O)CCCCC[P+](=O)C(CC)OCS(=O)(=O)OC2CCCCC2)CC1. The van der Waals surface area contributed by atoms with E-state index in [0.717, 1.165) is 64.2 Å². The van der Waals surface area contributed by atoms with Crippen molar-refractivity contribution in [3.05, 3.63) is 0 Å². The van der Waals surface area contributed by atoms with E-state index in [-0.39, 0.29) is 12.2 Å². The predicted octanol–water partition coefficient (Wildman–Crippen LogP) is 6.84. The lowest BCUT2D eigenvalue weighted by atomic mass is 9.86. The van der Waals surface area contributed by atoms with E-state index in [9.17, 15) is 26.0 Å². The third-order valence-electron chi connectivity index (χ3n) is 7.68. The highest BCUT2D eigenvalue weighted by Gasteiger charge is 2.33. The Hall–Kier alpha value is -0.0600. The van der Waals surface area contributed by atoms with Gasteiger partial charge in [0, 0.05) is 13.3 Å². The van der Waals surface area contributed by atoms with E-state index in [0.29, 0.717) is 43.9 Å². The summed E-state index contributed by atoms with van der Waals surface area (Å²) in [5.74, 6) is -1.93. The smallest absolute Gasteiger partial charge is 0.316 e. The molecule has 0 spiro atoms. The second-order valence-electron chi connectivity index (χ2n) is 11.0. The first-order valence-electron chi connectivity index (χ1n) is 14.9. The predicted molar refractivity (Wildman–Crippen MR) is 157 cm³/mol. The van der Waals surface area contributed by atoms with Crippen LogP contribution in [-0.4, -0.2) is 64.9 Å². The van der Waals surface area contributed by atoms with Gasteiger partial charge >= 0.3 is 15.6 Å². The summed E-state index contributed by atoms with van der Waals surface area (Å²) in [6, 6.07) is 0. The largest absolute Gasteiger partial charge is 0.370 e. The second-order valence-corrected chi connectivity index (χ2v) is 17.9. The molecule has 0 amide bonds. The molecule has 0 aliphatic heterocycles. The molecule has 0 bridgehead atoms. The van der Waals surface area contributed by atoms with E-state index >= 15 is 0 Å². The lowest BCUT2D eigenvalue weighted by Crippen LogP contribution is -2.27. The van der Waals surface area contributed by atoms with E-state index in [1.54, 1.807) is 13.8 Å². The quantitative estimate of drug-likeness (QED) is 0.0783. The van der Waals surface area contributed by atoms with Crippen LogP contribution < -0.4 is 0 Å². The Balaban J connectivity index is 1.59. The Bertz CT molecular complexity index is 975. The number of hydrogen-bond acceptors (Lipinski definition) is 10. The molecule has 10 nitrogen and oxygen atoms in total. The van der Waals surface area contributed by atoms with Crippen molar-refractivity contribution in [1.82, 2.24) is 0 Å². The first kappa shape index (κ1) is 36.1. The minimum absolute atomic E-state index is 0.288. The molecule has 234 valence electrons. The highest BCUT2D eigenvalue weighted by Crippen LogP contribution is 2.35. The van der Waals surface area contributed by atoms with E-state index in [4.69, 9.17) is 17.8 Å². The van der Waals surface area contributed by atoms with Gasteiger partial charge in [-0.25, -0.2) is 0 Å². The van der Waals surface area contributed by atoms with Crippen LogP contribution in [0.5, 0.6) is 0 Å². The van der Waals surface area contributed by atoms with Gasteiger partial charge in [0.2, 0.25) is 0 Å². The van der Waals surface area contributed by atoms with Crippen LogP contribution in [0.1, 0.15) is 111 Å². The average molecular weight is 649 g/mol. The van der Waals surface area contributed by atoms with Crippen LogP contribution in [0.2, 0.25) is 0 Å². The summed E-state index contributed by atoms with van der Waals surface area (Å²) in [5, 5.41) is 0. The highest BCUT2D eigenvalue weighted by atomic mass is 32.2. The fourth-order valence-electron chi connectivity index (χ4n) is 5.14. The summed E-state index contributed by atoms with van der Waals surface area (Å²) in [4.78, 5) is 0. The van der Waals surface area contributed by atoms with E-state index in [1.807, 2.05) is 0 Å². The van der Waals surface area contributed by atoms with E-state index in [1.165, 1.54) is 0 Å². The molecule has 2 fully saturated rings. The molecule has 4 atom stereocenters. The third-order valence-corrected chi connectivity index (χ3v) is 13.3. The first-order valence-corrected chi connectivity index (χ1v) is 21.1. The van der Waals surface area contributed by atoms with E-state index in [2.05, 4.69) is 6.92 Å². The van der Waals surface area contributed by atoms with Gasteiger partial charge in [0.25, 0.3) is 31.9 Å². The maximum absolute atomic E-state index is 12.7. The van der Waals surface area contributed by atoms with Crippen molar-refractivity contribution in [2.75, 3.05) is 24.2 Å². The zero-order valence-corrected chi connectivity index (χ0v) is 27.8. The van der Waals surface area contributed by atoms with Gasteiger partial charge in [-0.3, -0.25) is 8.37 Å². The molecule has 0 saturated heterocycles. The minimum atomic E-state index is -3.85. The molecule has 0 aromatic heterocycles. The Kier molecular flexibility index (Phi) is 16.8. The molecule has 0 aromatic carbocycles. The molecular formula is C26H50O10P2S2+2. The molecule has 2 rings (SSSR count). The fraction of sp³-hybridized carbons (Fsp3) is 1.00. The van der Waals surface area contributed by atoms with Crippen molar-refractivity contribution >= 4 is 35.8 Å². The Morgan fingerprint density at radius 2 is 1.23 bits per heavy atom. The fourth-order valence-corrected chi connectivity index (χ4v) is 9.98. The van der Waals surface area contributed by atoms with E-state index < -0.39 is 59.4 Å². The normalized spacial score (nSPS) is 23.5. The number of hydrogen-bond donors (Lipinski definition) is 0. The molecule has 14 heteroatoms. The molecular weight excluding hydrogens is 598 g/mol. The molecule has 0 N–H and O–H groups in total. The topological polar surface area (TPSA) is 139 Å². The molecule has 2 aliphatic rings. The van der Waals surface area contributed by atoms with Gasteiger partial charge in [0.05, 0.1) is 12.2 Å². The second kappa shape index (κ2) is 18.6. The Labute approximate surface area is 243 Å². The van der Waals surface area contributed by atoms with Gasteiger partial charge in [-0.15, -0.1) is 0 Å². The molecule has 2 saturated carbocycles. The summed E-state index contributed by atoms with van der Waals surface area (Å²) < 4.78 is 95.7. The lowest BCUT2D eigenvalue weighted by Gasteiger charge is -2.27. The molecule has 0 radical (unpaired) electrons. The van der Waals surface area contributed by atoms with Crippen LogP contribution >= 0.6 is 15.6 Å². The third kappa shape index (κ3) is 14.4. The zero-order chi connectivity index (χ0) is 29.6. The standard InChI is InChI=1S/C26H50O10P2S2/c1-4-23-14-16-25(17-15-23)36-39(29,30)20-33-22(3)37(27)18-10-7-11-19-38(28)26(5-2)34-21-40(31,32)35-24-12-8-6-9-13-24/h22-26H,4-21H2,1-3H3/q+2. The Morgan fingerprint density at radius 3 is 1.77 bits per heavy atom. The molecule has 4 unspecified atom stereocenters. The molecule has 2 aliphatic carbocycles. The summed E-state index contributed by atoms with van der Waals surface area (Å²) in [5.41, 5.74) is 0. The number of unbranched alkanes of at least 4 members (excludes halogenated alkanes) is 2. The summed E-state index contributed by atoms with van der Waals surface area (Å²) >= 11 is 0. The van der Waals surface area contributed by atoms with Gasteiger partial charge in [-0.1, -0.05) is 48.7 Å². The van der Waals surface area contributed by atoms with Gasteiger partial charge < -0.3 is 9.47 Å². The molecule has 0 heterocycles. The molecule has 40 heavy (non-hydrogen) atoms. The van der Waals surface area contributed by atoms with Gasteiger partial charge in [0.1, 0.15) is 12.3 Å². The molecule has 0 aromatic rings. The summed E-state index contributed by atoms with van der Waals surface area (Å²) in [7, 11) is -11.2. The Morgan fingerprint density at radius 1 is 0.700 bits per heavy atom. The van der Waals surface area contributed by atoms with Gasteiger partial charge in [-0.2, -0.15) is 16.8 Å². The summed E-state index contributed by atoms with van der Waals surface area (Å²) in [6.45, 7) is 5.55. The van der Waals surface area contributed by atoms with Gasteiger partial charge in [-0.05, 0) is 63.7 Å². The van der Waals surface area contributed by atoms with Crippen molar-refractivity contribution in [2.45, 2.75) is 135 Å². The van der Waals surface area contributed by atoms with Gasteiger partial charge in [0.15, 0.2) is 11.9 Å². The van der Waals surface area contributed by atoms with Crippen LogP contribution in [-0.2, 0) is 47.2 Å². The van der Waals surface area contributed by atoms with Crippen LogP contribution in [0.25, 0.3) is 0 Å². The number of ether oxygens (including phenoxy) is 2. The van der Waals surface area contributed by atoms with Crippen LogP contribution in [0.4, 0.5) is 0 Å². The summed E-state index contributed by atoms with van der Waals surface area (Å²) in [6.07, 6.45) is 11.5. The number of rotatable bonds is 20. The lowest BCUT2D eigenvalue weighted by molar-refractivity contribution is 0.111. The van der Waals surface area contributed by atoms with Crippen LogP contribution in [0.15, 0.2) is 0 Å². The van der Waals surface area contributed by atoms with Crippen molar-refractivity contribution in [1.29, 1.82) is 0 Å². The van der Waals surface area contributed by atoms with Crippen LogP contribution in [0, 0.1) is 5.92 Å². The average Bonchev–Trinajstić information content (AvgIpc) is 2.92. The van der Waals surface area contributed by atoms with Crippen molar-refractivity contribution in [3.63, 3.8) is 0 Å². The minimum Gasteiger partial charge on any atom is -0.316 e. The van der Waals surface area contributed by atoms with Crippen molar-refractivity contribution < 1.29 is 43.8 Å². The van der Waals surface area contributed by atoms with Crippen molar-refractivity contribution in [3.8, 4) is 0 Å². The van der Waals surface area contributed by atoms with Crippen LogP contribution in [0.3, 0.4) is 0 Å².